The summed E-state index contributed by atoms with van der Waals surface area (Å²) >= 11 is 0. The smallest absolute Gasteiger partial charge is 0.336 e. The number of carbonyl (C=O) groups is 1. The SMILES string of the molecule is COc1ccc(-c2ccc3ncccc3c2)c(C(=O)O)c1. The van der Waals surface area contributed by atoms with E-state index in [9.17, 15) is 9.90 Å². The predicted octanol–water partition coefficient (Wildman–Crippen LogP) is 3.61. The minimum absolute atomic E-state index is 0.220. The van der Waals surface area contributed by atoms with Gasteiger partial charge in [0.1, 0.15) is 5.75 Å². The van der Waals surface area contributed by atoms with Crippen molar-refractivity contribution in [1.29, 1.82) is 0 Å². The van der Waals surface area contributed by atoms with E-state index in [1.807, 2.05) is 30.3 Å². The van der Waals surface area contributed by atoms with Gasteiger partial charge in [0.15, 0.2) is 0 Å². The molecule has 0 fully saturated rings. The Morgan fingerprint density at radius 1 is 1.14 bits per heavy atom. The largest absolute Gasteiger partial charge is 0.497 e. The Morgan fingerprint density at radius 2 is 2.00 bits per heavy atom. The lowest BCUT2D eigenvalue weighted by Crippen LogP contribution is -2.00. The zero-order valence-electron chi connectivity index (χ0n) is 11.4. The molecule has 0 saturated heterocycles. The van der Waals surface area contributed by atoms with Gasteiger partial charge in [-0.05, 0) is 47.5 Å². The number of nitrogens with zero attached hydrogens (tertiary/aromatic N) is 1. The van der Waals surface area contributed by atoms with Crippen LogP contribution in [0.15, 0.2) is 54.7 Å². The van der Waals surface area contributed by atoms with Crippen molar-refractivity contribution in [2.45, 2.75) is 0 Å². The van der Waals surface area contributed by atoms with E-state index >= 15 is 0 Å². The minimum Gasteiger partial charge on any atom is -0.497 e. The molecule has 0 aliphatic rings. The van der Waals surface area contributed by atoms with Crippen LogP contribution in [0.3, 0.4) is 0 Å². The Balaban J connectivity index is 2.19. The van der Waals surface area contributed by atoms with Crippen LogP contribution < -0.4 is 4.74 Å². The lowest BCUT2D eigenvalue weighted by Gasteiger charge is -2.09. The molecular formula is C17H13NO3. The van der Waals surface area contributed by atoms with E-state index in [0.29, 0.717) is 11.3 Å². The topological polar surface area (TPSA) is 59.4 Å². The molecule has 0 aliphatic carbocycles. The van der Waals surface area contributed by atoms with Crippen LogP contribution in [-0.2, 0) is 0 Å². The van der Waals surface area contributed by atoms with Gasteiger partial charge in [0.05, 0.1) is 18.2 Å². The third-order valence-electron chi connectivity index (χ3n) is 3.37. The van der Waals surface area contributed by atoms with Gasteiger partial charge in [-0.3, -0.25) is 4.98 Å². The maximum absolute atomic E-state index is 11.5. The number of benzene rings is 2. The summed E-state index contributed by atoms with van der Waals surface area (Å²) in [6.07, 6.45) is 1.73. The first-order valence-corrected chi connectivity index (χ1v) is 6.45. The third kappa shape index (κ3) is 2.43. The van der Waals surface area contributed by atoms with Crippen LogP contribution in [-0.4, -0.2) is 23.2 Å². The Hall–Kier alpha value is -2.88. The van der Waals surface area contributed by atoms with Crippen molar-refractivity contribution >= 4 is 16.9 Å². The van der Waals surface area contributed by atoms with E-state index in [2.05, 4.69) is 4.98 Å². The molecule has 1 heterocycles. The van der Waals surface area contributed by atoms with Gasteiger partial charge in [0.2, 0.25) is 0 Å². The summed E-state index contributed by atoms with van der Waals surface area (Å²) in [4.78, 5) is 15.7. The van der Waals surface area contributed by atoms with E-state index in [4.69, 9.17) is 4.74 Å². The van der Waals surface area contributed by atoms with Gasteiger partial charge >= 0.3 is 5.97 Å². The fourth-order valence-electron chi connectivity index (χ4n) is 2.32. The number of rotatable bonds is 3. The third-order valence-corrected chi connectivity index (χ3v) is 3.37. The molecule has 0 amide bonds. The van der Waals surface area contributed by atoms with Crippen molar-refractivity contribution in [1.82, 2.24) is 4.98 Å². The minimum atomic E-state index is -0.977. The van der Waals surface area contributed by atoms with Crippen molar-refractivity contribution in [3.8, 4) is 16.9 Å². The van der Waals surface area contributed by atoms with Gasteiger partial charge in [0.25, 0.3) is 0 Å². The number of fused-ring (bicyclic) bond motifs is 1. The normalized spacial score (nSPS) is 10.5. The summed E-state index contributed by atoms with van der Waals surface area (Å²) in [5.41, 5.74) is 2.61. The molecule has 3 aromatic rings. The number of pyridine rings is 1. The van der Waals surface area contributed by atoms with Gasteiger partial charge < -0.3 is 9.84 Å². The van der Waals surface area contributed by atoms with Crippen molar-refractivity contribution < 1.29 is 14.6 Å². The van der Waals surface area contributed by atoms with E-state index in [-0.39, 0.29) is 5.56 Å². The van der Waals surface area contributed by atoms with Crippen LogP contribution in [0.5, 0.6) is 5.75 Å². The summed E-state index contributed by atoms with van der Waals surface area (Å²) in [5, 5.41) is 10.4. The molecule has 1 N–H and O–H groups in total. The van der Waals surface area contributed by atoms with Crippen LogP contribution in [0.1, 0.15) is 10.4 Å². The number of carboxylic acid groups (broad SMARTS) is 1. The highest BCUT2D eigenvalue weighted by atomic mass is 16.5. The molecule has 0 saturated carbocycles. The molecule has 21 heavy (non-hydrogen) atoms. The summed E-state index contributed by atoms with van der Waals surface area (Å²) < 4.78 is 5.09. The summed E-state index contributed by atoms with van der Waals surface area (Å²) in [7, 11) is 1.52. The Labute approximate surface area is 121 Å². The van der Waals surface area contributed by atoms with Crippen molar-refractivity contribution in [3.63, 3.8) is 0 Å². The molecule has 0 radical (unpaired) electrons. The zero-order chi connectivity index (χ0) is 14.8. The summed E-state index contributed by atoms with van der Waals surface area (Å²) in [6, 6.07) is 14.6. The first-order valence-electron chi connectivity index (χ1n) is 6.45. The van der Waals surface area contributed by atoms with Crippen LogP contribution in [0, 0.1) is 0 Å². The van der Waals surface area contributed by atoms with Crippen LogP contribution in [0.2, 0.25) is 0 Å². The number of hydrogen-bond donors (Lipinski definition) is 1. The summed E-state index contributed by atoms with van der Waals surface area (Å²) in [5.74, 6) is -0.450. The fraction of sp³-hybridized carbons (Fsp3) is 0.0588. The average molecular weight is 279 g/mol. The first-order chi connectivity index (χ1) is 10.2. The maximum Gasteiger partial charge on any atom is 0.336 e. The van der Waals surface area contributed by atoms with E-state index in [1.54, 1.807) is 18.3 Å². The first kappa shape index (κ1) is 13.1. The molecule has 2 aromatic carbocycles. The molecule has 0 aliphatic heterocycles. The second kappa shape index (κ2) is 5.25. The van der Waals surface area contributed by atoms with Crippen molar-refractivity contribution in [2.24, 2.45) is 0 Å². The highest BCUT2D eigenvalue weighted by molar-refractivity contribution is 5.98. The second-order valence-electron chi connectivity index (χ2n) is 4.63. The lowest BCUT2D eigenvalue weighted by molar-refractivity contribution is 0.0697. The lowest BCUT2D eigenvalue weighted by atomic mass is 9.98. The standard InChI is InChI=1S/C17H13NO3/c1-21-13-5-6-14(15(10-13)17(19)20)11-4-7-16-12(9-11)3-2-8-18-16/h2-10H,1H3,(H,19,20). The number of aromatic carboxylic acids is 1. The predicted molar refractivity (Wildman–Crippen MR) is 80.7 cm³/mol. The fourth-order valence-corrected chi connectivity index (χ4v) is 2.32. The van der Waals surface area contributed by atoms with Gasteiger partial charge in [-0.15, -0.1) is 0 Å². The van der Waals surface area contributed by atoms with Gasteiger partial charge in [-0.1, -0.05) is 12.1 Å². The van der Waals surface area contributed by atoms with Crippen LogP contribution in [0.4, 0.5) is 0 Å². The molecule has 1 aromatic heterocycles. The number of methoxy groups -OCH3 is 1. The molecule has 0 unspecified atom stereocenters. The molecule has 0 bridgehead atoms. The Bertz CT molecular complexity index is 827. The maximum atomic E-state index is 11.5. The zero-order valence-corrected chi connectivity index (χ0v) is 11.4. The van der Waals surface area contributed by atoms with E-state index in [0.717, 1.165) is 16.5 Å². The second-order valence-corrected chi connectivity index (χ2v) is 4.63. The molecular weight excluding hydrogens is 266 g/mol. The van der Waals surface area contributed by atoms with Gasteiger partial charge in [-0.2, -0.15) is 0 Å². The highest BCUT2D eigenvalue weighted by Gasteiger charge is 2.13. The number of aromatic nitrogens is 1. The Morgan fingerprint density at radius 3 is 2.76 bits per heavy atom. The van der Waals surface area contributed by atoms with Crippen LogP contribution >= 0.6 is 0 Å². The number of carboxylic acids is 1. The number of hydrogen-bond acceptors (Lipinski definition) is 3. The monoisotopic (exact) mass is 279 g/mol. The highest BCUT2D eigenvalue weighted by Crippen LogP contribution is 2.29. The van der Waals surface area contributed by atoms with Gasteiger partial charge in [-0.25, -0.2) is 4.79 Å². The van der Waals surface area contributed by atoms with E-state index in [1.165, 1.54) is 13.2 Å². The van der Waals surface area contributed by atoms with Crippen LogP contribution in [0.25, 0.3) is 22.0 Å². The van der Waals surface area contributed by atoms with Crippen molar-refractivity contribution in [3.05, 3.63) is 60.3 Å². The molecule has 4 nitrogen and oxygen atoms in total. The van der Waals surface area contributed by atoms with E-state index < -0.39 is 5.97 Å². The molecule has 4 heteroatoms. The molecule has 0 spiro atoms. The Kier molecular flexibility index (Phi) is 3.28. The summed E-state index contributed by atoms with van der Waals surface area (Å²) in [6.45, 7) is 0. The van der Waals surface area contributed by atoms with Crippen molar-refractivity contribution in [2.75, 3.05) is 7.11 Å². The quantitative estimate of drug-likeness (QED) is 0.795. The molecule has 0 atom stereocenters. The molecule has 3 rings (SSSR count). The number of ether oxygens (including phenoxy) is 1. The van der Waals surface area contributed by atoms with Gasteiger partial charge in [0, 0.05) is 11.6 Å². The molecule has 104 valence electrons. The average Bonchev–Trinajstić information content (AvgIpc) is 2.53.